The normalized spacial score (nSPS) is 12.4. The van der Waals surface area contributed by atoms with Crippen LogP contribution in [-0.4, -0.2) is 12.7 Å². The highest BCUT2D eigenvalue weighted by molar-refractivity contribution is 7.09. The summed E-state index contributed by atoms with van der Waals surface area (Å²) >= 11 is 1.62. The summed E-state index contributed by atoms with van der Waals surface area (Å²) in [5, 5.41) is 4.86. The van der Waals surface area contributed by atoms with Crippen LogP contribution in [0, 0.1) is 0 Å². The molecule has 0 saturated carbocycles. The number of rotatable bonds is 3. The van der Waals surface area contributed by atoms with Crippen molar-refractivity contribution in [3.05, 3.63) is 46.2 Å². The van der Waals surface area contributed by atoms with E-state index in [0.717, 1.165) is 4.88 Å². The van der Waals surface area contributed by atoms with E-state index in [-0.39, 0.29) is 12.7 Å². The maximum Gasteiger partial charge on any atom is 0.251 e. The first-order valence-electron chi connectivity index (χ1n) is 5.53. The number of carbonyl (C=O) groups is 1. The second kappa shape index (κ2) is 4.70. The smallest absolute Gasteiger partial charge is 0.251 e. The van der Waals surface area contributed by atoms with Gasteiger partial charge in [0.2, 0.25) is 6.79 Å². The largest absolute Gasteiger partial charge is 0.454 e. The molecule has 1 aliphatic rings. The Bertz CT molecular complexity index is 566. The quantitative estimate of drug-likeness (QED) is 0.923. The first-order valence-corrected chi connectivity index (χ1v) is 6.41. The van der Waals surface area contributed by atoms with Crippen LogP contribution in [0.15, 0.2) is 35.7 Å². The van der Waals surface area contributed by atoms with Gasteiger partial charge in [-0.3, -0.25) is 4.79 Å². The Kier molecular flexibility index (Phi) is 2.90. The maximum atomic E-state index is 11.9. The van der Waals surface area contributed by atoms with Crippen LogP contribution in [-0.2, 0) is 6.54 Å². The van der Waals surface area contributed by atoms with Gasteiger partial charge < -0.3 is 14.8 Å². The van der Waals surface area contributed by atoms with Crippen molar-refractivity contribution < 1.29 is 14.3 Å². The molecule has 1 aromatic carbocycles. The molecule has 0 bridgehead atoms. The van der Waals surface area contributed by atoms with Crippen LogP contribution >= 0.6 is 11.3 Å². The molecule has 18 heavy (non-hydrogen) atoms. The van der Waals surface area contributed by atoms with Crippen molar-refractivity contribution in [1.29, 1.82) is 0 Å². The summed E-state index contributed by atoms with van der Waals surface area (Å²) in [5.41, 5.74) is 0.579. The Morgan fingerprint density at radius 3 is 3.00 bits per heavy atom. The second-order valence-corrected chi connectivity index (χ2v) is 4.86. The summed E-state index contributed by atoms with van der Waals surface area (Å²) in [6.07, 6.45) is 0. The Labute approximate surface area is 108 Å². The predicted molar refractivity (Wildman–Crippen MR) is 68.1 cm³/mol. The third kappa shape index (κ3) is 2.17. The lowest BCUT2D eigenvalue weighted by atomic mass is 10.2. The number of thiophene rings is 1. The summed E-state index contributed by atoms with van der Waals surface area (Å²) in [5.74, 6) is 1.20. The predicted octanol–water partition coefficient (Wildman–Crippen LogP) is 2.41. The van der Waals surface area contributed by atoms with Crippen molar-refractivity contribution in [2.45, 2.75) is 6.54 Å². The minimum Gasteiger partial charge on any atom is -0.454 e. The van der Waals surface area contributed by atoms with Gasteiger partial charge in [-0.1, -0.05) is 6.07 Å². The van der Waals surface area contributed by atoms with Crippen molar-refractivity contribution in [3.8, 4) is 11.5 Å². The van der Waals surface area contributed by atoms with E-state index in [2.05, 4.69) is 5.32 Å². The number of benzene rings is 1. The van der Waals surface area contributed by atoms with Crippen molar-refractivity contribution >= 4 is 17.2 Å². The number of amides is 1. The lowest BCUT2D eigenvalue weighted by Gasteiger charge is -2.04. The molecule has 0 aliphatic carbocycles. The van der Waals surface area contributed by atoms with E-state index in [9.17, 15) is 4.79 Å². The molecule has 92 valence electrons. The fraction of sp³-hybridized carbons (Fsp3) is 0.154. The number of ether oxygens (including phenoxy) is 2. The average molecular weight is 261 g/mol. The molecule has 2 heterocycles. The van der Waals surface area contributed by atoms with Gasteiger partial charge in [0.1, 0.15) is 0 Å². The summed E-state index contributed by atoms with van der Waals surface area (Å²) in [6.45, 7) is 0.764. The Hall–Kier alpha value is -2.01. The van der Waals surface area contributed by atoms with Crippen molar-refractivity contribution in [2.24, 2.45) is 0 Å². The molecule has 1 amide bonds. The van der Waals surface area contributed by atoms with E-state index in [1.807, 2.05) is 17.5 Å². The highest BCUT2D eigenvalue weighted by Crippen LogP contribution is 2.32. The van der Waals surface area contributed by atoms with E-state index in [1.165, 1.54) is 0 Å². The molecule has 2 aromatic rings. The molecule has 0 spiro atoms. The third-order valence-corrected chi connectivity index (χ3v) is 3.51. The molecule has 0 fully saturated rings. The Morgan fingerprint density at radius 2 is 2.17 bits per heavy atom. The van der Waals surface area contributed by atoms with Gasteiger partial charge in [0.25, 0.3) is 5.91 Å². The Morgan fingerprint density at radius 1 is 1.28 bits per heavy atom. The molecule has 3 rings (SSSR count). The molecule has 5 heteroatoms. The van der Waals surface area contributed by atoms with Crippen LogP contribution in [0.4, 0.5) is 0 Å². The van der Waals surface area contributed by atoms with E-state index in [0.29, 0.717) is 23.6 Å². The number of hydrogen-bond donors (Lipinski definition) is 1. The number of hydrogen-bond acceptors (Lipinski definition) is 4. The molecule has 0 saturated heterocycles. The number of carbonyl (C=O) groups excluding carboxylic acids is 1. The summed E-state index contributed by atoms with van der Waals surface area (Å²) < 4.78 is 10.4. The van der Waals surface area contributed by atoms with E-state index in [4.69, 9.17) is 9.47 Å². The van der Waals surface area contributed by atoms with Crippen LogP contribution in [0.5, 0.6) is 11.5 Å². The molecule has 0 atom stereocenters. The lowest BCUT2D eigenvalue weighted by molar-refractivity contribution is 0.0951. The highest BCUT2D eigenvalue weighted by atomic mass is 32.1. The van der Waals surface area contributed by atoms with E-state index in [1.54, 1.807) is 29.5 Å². The molecule has 1 N–H and O–H groups in total. The highest BCUT2D eigenvalue weighted by Gasteiger charge is 2.15. The fourth-order valence-electron chi connectivity index (χ4n) is 1.72. The van der Waals surface area contributed by atoms with E-state index >= 15 is 0 Å². The molecule has 1 aliphatic heterocycles. The SMILES string of the molecule is O=C(NCc1cccs1)c1ccc2c(c1)OCO2. The molecule has 4 nitrogen and oxygen atoms in total. The van der Waals surface area contributed by atoms with Gasteiger partial charge in [-0.15, -0.1) is 11.3 Å². The van der Waals surface area contributed by atoms with Gasteiger partial charge in [0, 0.05) is 10.4 Å². The van der Waals surface area contributed by atoms with Crippen LogP contribution in [0.25, 0.3) is 0 Å². The molecule has 0 unspecified atom stereocenters. The molecular weight excluding hydrogens is 250 g/mol. The van der Waals surface area contributed by atoms with Gasteiger partial charge in [-0.2, -0.15) is 0 Å². The first-order chi connectivity index (χ1) is 8.83. The van der Waals surface area contributed by atoms with Crippen LogP contribution in [0.3, 0.4) is 0 Å². The average Bonchev–Trinajstić information content (AvgIpc) is 3.05. The van der Waals surface area contributed by atoms with E-state index < -0.39 is 0 Å². The van der Waals surface area contributed by atoms with Gasteiger partial charge >= 0.3 is 0 Å². The fourth-order valence-corrected chi connectivity index (χ4v) is 2.36. The van der Waals surface area contributed by atoms with Crippen LogP contribution in [0.2, 0.25) is 0 Å². The standard InChI is InChI=1S/C13H11NO3S/c15-13(14-7-10-2-1-5-18-10)9-3-4-11-12(6-9)17-8-16-11/h1-6H,7-8H2,(H,14,15). The zero-order valence-corrected chi connectivity index (χ0v) is 10.3. The van der Waals surface area contributed by atoms with Crippen molar-refractivity contribution in [3.63, 3.8) is 0 Å². The van der Waals surface area contributed by atoms with Gasteiger partial charge in [-0.25, -0.2) is 0 Å². The van der Waals surface area contributed by atoms with Crippen molar-refractivity contribution in [1.82, 2.24) is 5.32 Å². The van der Waals surface area contributed by atoms with Crippen LogP contribution < -0.4 is 14.8 Å². The topological polar surface area (TPSA) is 47.6 Å². The van der Waals surface area contributed by atoms with Gasteiger partial charge in [0.15, 0.2) is 11.5 Å². The minimum absolute atomic E-state index is 0.110. The monoisotopic (exact) mass is 261 g/mol. The zero-order chi connectivity index (χ0) is 12.4. The second-order valence-electron chi connectivity index (χ2n) is 3.83. The number of nitrogens with one attached hydrogen (secondary N) is 1. The van der Waals surface area contributed by atoms with Crippen molar-refractivity contribution in [2.75, 3.05) is 6.79 Å². The summed E-state index contributed by atoms with van der Waals surface area (Å²) in [6, 6.07) is 9.14. The molecule has 0 radical (unpaired) electrons. The van der Waals surface area contributed by atoms with Gasteiger partial charge in [-0.05, 0) is 29.6 Å². The first kappa shape index (κ1) is 11.1. The summed E-state index contributed by atoms with van der Waals surface area (Å²) in [7, 11) is 0. The lowest BCUT2D eigenvalue weighted by Crippen LogP contribution is -2.22. The maximum absolute atomic E-state index is 11.9. The minimum atomic E-state index is -0.110. The molecule has 1 aromatic heterocycles. The van der Waals surface area contributed by atoms with Crippen LogP contribution in [0.1, 0.15) is 15.2 Å². The van der Waals surface area contributed by atoms with Gasteiger partial charge in [0.05, 0.1) is 6.54 Å². The summed E-state index contributed by atoms with van der Waals surface area (Å²) in [4.78, 5) is 13.1. The Balaban J connectivity index is 1.69. The molecular formula is C13H11NO3S. The number of fused-ring (bicyclic) bond motifs is 1. The third-order valence-electron chi connectivity index (χ3n) is 2.64. The zero-order valence-electron chi connectivity index (χ0n) is 9.51.